The van der Waals surface area contributed by atoms with Crippen LogP contribution in [0.2, 0.25) is 0 Å². The highest BCUT2D eigenvalue weighted by molar-refractivity contribution is 14.1. The second-order valence-corrected chi connectivity index (χ2v) is 5.33. The maximum atomic E-state index is 10.2. The Labute approximate surface area is 120 Å². The van der Waals surface area contributed by atoms with Crippen LogP contribution < -0.4 is 0 Å². The molecule has 96 valence electrons. The van der Waals surface area contributed by atoms with E-state index in [0.29, 0.717) is 4.43 Å². The van der Waals surface area contributed by atoms with Crippen LogP contribution in [0.1, 0.15) is 22.3 Å². The number of aryl methyl sites for hydroxylation is 3. The fourth-order valence-corrected chi connectivity index (χ4v) is 2.94. The fourth-order valence-electron chi connectivity index (χ4n) is 2.38. The first-order chi connectivity index (χ1) is 8.45. The van der Waals surface area contributed by atoms with Crippen LogP contribution in [0.25, 0.3) is 5.69 Å². The van der Waals surface area contributed by atoms with E-state index in [-0.39, 0.29) is 11.8 Å². The summed E-state index contributed by atoms with van der Waals surface area (Å²) in [4.78, 5) is 0. The summed E-state index contributed by atoms with van der Waals surface area (Å²) in [6.45, 7) is 6.01. The molecule has 0 aliphatic rings. The lowest BCUT2D eigenvalue weighted by atomic mass is 10.1. The Morgan fingerprint density at radius 3 is 2.06 bits per heavy atom. The van der Waals surface area contributed by atoms with Crippen LogP contribution in [-0.4, -0.2) is 14.8 Å². The molecule has 0 saturated carbocycles. The van der Waals surface area contributed by atoms with Crippen molar-refractivity contribution in [1.82, 2.24) is 4.57 Å². The van der Waals surface area contributed by atoms with Crippen molar-refractivity contribution >= 4 is 22.6 Å². The number of aromatic hydroxyl groups is 2. The van der Waals surface area contributed by atoms with Gasteiger partial charge in [0.1, 0.15) is 0 Å². The van der Waals surface area contributed by atoms with Crippen molar-refractivity contribution in [2.75, 3.05) is 0 Å². The summed E-state index contributed by atoms with van der Waals surface area (Å²) in [5, 5.41) is 20.2. The molecule has 3 nitrogen and oxygen atoms in total. The van der Waals surface area contributed by atoms with Gasteiger partial charge in [-0.2, -0.15) is 0 Å². The Kier molecular flexibility index (Phi) is 3.56. The lowest BCUT2D eigenvalue weighted by Crippen LogP contribution is -2.00. The van der Waals surface area contributed by atoms with Gasteiger partial charge in [0.15, 0.2) is 5.88 Å². The van der Waals surface area contributed by atoms with Crippen LogP contribution in [0.3, 0.4) is 0 Å². The average Bonchev–Trinajstić information content (AvgIpc) is 2.55. The first kappa shape index (κ1) is 13.3. The molecular weight excluding hydrogens is 341 g/mol. The average molecular weight is 357 g/mol. The van der Waals surface area contributed by atoms with E-state index in [1.54, 1.807) is 6.07 Å². The van der Waals surface area contributed by atoms with Crippen LogP contribution in [0.15, 0.2) is 18.2 Å². The first-order valence-corrected chi connectivity index (χ1v) is 7.25. The summed E-state index contributed by atoms with van der Waals surface area (Å²) < 4.78 is 2.17. The van der Waals surface area contributed by atoms with E-state index in [2.05, 4.69) is 22.6 Å². The highest BCUT2D eigenvalue weighted by atomic mass is 127. The number of hydrogen-bond donors (Lipinski definition) is 2. The minimum atomic E-state index is 0.0780. The molecule has 0 amide bonds. The van der Waals surface area contributed by atoms with E-state index in [0.717, 1.165) is 22.4 Å². The fraction of sp³-hybridized carbons (Fsp3) is 0.286. The Morgan fingerprint density at radius 1 is 1.06 bits per heavy atom. The normalized spacial score (nSPS) is 10.9. The number of rotatable bonds is 2. The quantitative estimate of drug-likeness (QED) is 0.635. The molecule has 1 heterocycles. The third-order valence-corrected chi connectivity index (χ3v) is 3.86. The number of hydrogen-bond acceptors (Lipinski definition) is 2. The lowest BCUT2D eigenvalue weighted by molar-refractivity contribution is 0.400. The predicted molar refractivity (Wildman–Crippen MR) is 81.0 cm³/mol. The van der Waals surface area contributed by atoms with E-state index < -0.39 is 0 Å². The number of nitrogens with zero attached hydrogens (tertiary/aromatic N) is 1. The number of aromatic nitrogens is 1. The highest BCUT2D eigenvalue weighted by Crippen LogP contribution is 2.35. The van der Waals surface area contributed by atoms with Crippen molar-refractivity contribution in [3.05, 3.63) is 40.5 Å². The van der Waals surface area contributed by atoms with Gasteiger partial charge in [0.25, 0.3) is 0 Å². The van der Waals surface area contributed by atoms with Crippen molar-refractivity contribution in [3.63, 3.8) is 0 Å². The van der Waals surface area contributed by atoms with Crippen LogP contribution in [0.4, 0.5) is 0 Å². The van der Waals surface area contributed by atoms with Gasteiger partial charge in [-0.25, -0.2) is 0 Å². The van der Waals surface area contributed by atoms with Gasteiger partial charge in [-0.3, -0.25) is 4.57 Å². The Bertz CT molecular complexity index is 579. The molecule has 0 aliphatic heterocycles. The summed E-state index contributed by atoms with van der Waals surface area (Å²) in [7, 11) is 0. The maximum Gasteiger partial charge on any atom is 0.202 e. The van der Waals surface area contributed by atoms with E-state index >= 15 is 0 Å². The van der Waals surface area contributed by atoms with Gasteiger partial charge in [0, 0.05) is 16.1 Å². The Morgan fingerprint density at radius 2 is 1.61 bits per heavy atom. The molecule has 4 heteroatoms. The molecule has 0 atom stereocenters. The monoisotopic (exact) mass is 357 g/mol. The van der Waals surface area contributed by atoms with E-state index in [1.807, 2.05) is 32.9 Å². The molecule has 0 saturated heterocycles. The van der Waals surface area contributed by atoms with E-state index in [1.165, 1.54) is 10.1 Å². The third kappa shape index (κ3) is 2.09. The molecule has 0 fully saturated rings. The van der Waals surface area contributed by atoms with E-state index in [9.17, 15) is 10.2 Å². The van der Waals surface area contributed by atoms with Gasteiger partial charge < -0.3 is 10.2 Å². The molecule has 18 heavy (non-hydrogen) atoms. The zero-order valence-corrected chi connectivity index (χ0v) is 12.8. The highest BCUT2D eigenvalue weighted by Gasteiger charge is 2.17. The maximum absolute atomic E-state index is 10.2. The molecule has 0 bridgehead atoms. The van der Waals surface area contributed by atoms with Crippen LogP contribution in [-0.2, 0) is 4.43 Å². The van der Waals surface area contributed by atoms with Crippen LogP contribution in [0, 0.1) is 20.8 Å². The standard InChI is InChI=1S/C14H16INO2/c1-8-4-9(2)13(10(3)5-8)16-12(17)6-11(7-15)14(16)18/h4-6,17-18H,7H2,1-3H3. The summed E-state index contributed by atoms with van der Waals surface area (Å²) in [6.07, 6.45) is 0. The van der Waals surface area contributed by atoms with Crippen molar-refractivity contribution in [2.24, 2.45) is 0 Å². The topological polar surface area (TPSA) is 45.4 Å². The molecule has 0 unspecified atom stereocenters. The van der Waals surface area contributed by atoms with Gasteiger partial charge in [-0.15, -0.1) is 0 Å². The van der Waals surface area contributed by atoms with Gasteiger partial charge in [-0.05, 0) is 31.9 Å². The Balaban J connectivity index is 2.73. The van der Waals surface area contributed by atoms with Crippen molar-refractivity contribution in [2.45, 2.75) is 25.2 Å². The number of halogens is 1. The second kappa shape index (κ2) is 4.84. The molecule has 0 spiro atoms. The van der Waals surface area contributed by atoms with Gasteiger partial charge in [-0.1, -0.05) is 40.3 Å². The molecule has 2 rings (SSSR count). The summed E-state index contributed by atoms with van der Waals surface area (Å²) in [5.74, 6) is 0.200. The van der Waals surface area contributed by atoms with E-state index in [4.69, 9.17) is 0 Å². The number of alkyl halides is 1. The van der Waals surface area contributed by atoms with Crippen LogP contribution >= 0.6 is 22.6 Å². The zero-order chi connectivity index (χ0) is 13.4. The Hall–Kier alpha value is -1.17. The van der Waals surface area contributed by atoms with Gasteiger partial charge >= 0.3 is 0 Å². The lowest BCUT2D eigenvalue weighted by Gasteiger charge is -2.14. The van der Waals surface area contributed by atoms with Crippen molar-refractivity contribution in [1.29, 1.82) is 0 Å². The summed E-state index contributed by atoms with van der Waals surface area (Å²) in [6, 6.07) is 5.70. The smallest absolute Gasteiger partial charge is 0.202 e. The molecule has 0 radical (unpaired) electrons. The third-order valence-electron chi connectivity index (χ3n) is 3.03. The summed E-state index contributed by atoms with van der Waals surface area (Å²) >= 11 is 2.17. The molecule has 1 aromatic carbocycles. The first-order valence-electron chi connectivity index (χ1n) is 5.72. The minimum Gasteiger partial charge on any atom is -0.494 e. The van der Waals surface area contributed by atoms with Gasteiger partial charge in [0.05, 0.1) is 5.69 Å². The molecule has 2 aromatic rings. The number of benzene rings is 1. The van der Waals surface area contributed by atoms with Crippen LogP contribution in [0.5, 0.6) is 11.8 Å². The molecule has 2 N–H and O–H groups in total. The van der Waals surface area contributed by atoms with Crippen molar-refractivity contribution < 1.29 is 10.2 Å². The largest absolute Gasteiger partial charge is 0.494 e. The van der Waals surface area contributed by atoms with Crippen molar-refractivity contribution in [3.8, 4) is 17.4 Å². The molecule has 1 aromatic heterocycles. The zero-order valence-electron chi connectivity index (χ0n) is 10.7. The second-order valence-electron chi connectivity index (χ2n) is 4.57. The molecule has 0 aliphatic carbocycles. The predicted octanol–water partition coefficient (Wildman–Crippen LogP) is 3.75. The minimum absolute atomic E-state index is 0.0780. The summed E-state index contributed by atoms with van der Waals surface area (Å²) in [5.41, 5.74) is 4.84. The SMILES string of the molecule is Cc1cc(C)c(-n2c(O)cc(CI)c2O)c(C)c1. The molecular formula is C14H16INO2. The van der Waals surface area contributed by atoms with Gasteiger partial charge in [0.2, 0.25) is 5.88 Å².